The van der Waals surface area contributed by atoms with Crippen LogP contribution in [0.1, 0.15) is 17.3 Å². The molecule has 0 radical (unpaired) electrons. The summed E-state index contributed by atoms with van der Waals surface area (Å²) >= 11 is 11.8. The van der Waals surface area contributed by atoms with Crippen LogP contribution in [0.2, 0.25) is 10.0 Å². The fraction of sp³-hybridized carbons (Fsp3) is 0.0588. The summed E-state index contributed by atoms with van der Waals surface area (Å²) in [5.74, 6) is -2.43. The van der Waals surface area contributed by atoms with Gasteiger partial charge in [0.2, 0.25) is 5.43 Å². The molecule has 0 aliphatic carbocycles. The van der Waals surface area contributed by atoms with Crippen molar-refractivity contribution in [3.05, 3.63) is 67.8 Å². The number of hydrogen-bond donors (Lipinski definition) is 2. The largest absolute Gasteiger partial charge is 0.341 e. The highest BCUT2D eigenvalue weighted by atomic mass is 35.5. The summed E-state index contributed by atoms with van der Waals surface area (Å²) in [6.45, 7) is 1.16. The lowest BCUT2D eigenvalue weighted by molar-refractivity contribution is 0.101. The molecule has 1 heterocycles. The van der Waals surface area contributed by atoms with Crippen LogP contribution in [0, 0.1) is 11.6 Å². The normalized spacial score (nSPS) is 10.9. The fourth-order valence-corrected chi connectivity index (χ4v) is 3.05. The van der Waals surface area contributed by atoms with E-state index in [0.717, 1.165) is 19.1 Å². The molecule has 3 rings (SSSR count). The van der Waals surface area contributed by atoms with Crippen LogP contribution in [0.5, 0.6) is 0 Å². The maximum absolute atomic E-state index is 14.0. The minimum Gasteiger partial charge on any atom is -0.341 e. The molecule has 4 nitrogen and oxygen atoms in total. The molecule has 0 aliphatic heterocycles. The van der Waals surface area contributed by atoms with Gasteiger partial charge in [0, 0.05) is 15.7 Å². The maximum atomic E-state index is 14.0. The first-order chi connectivity index (χ1) is 11.8. The highest BCUT2D eigenvalue weighted by Crippen LogP contribution is 2.27. The van der Waals surface area contributed by atoms with Crippen LogP contribution in [-0.4, -0.2) is 10.8 Å². The SMILES string of the molecule is CC(=O)c1c(Nc2cc(Cl)cc(Cl)c2)[nH]c2c(F)ccc(F)c2c1=O. The van der Waals surface area contributed by atoms with Gasteiger partial charge in [-0.3, -0.25) is 9.59 Å². The lowest BCUT2D eigenvalue weighted by Gasteiger charge is -2.13. The highest BCUT2D eigenvalue weighted by molar-refractivity contribution is 6.35. The van der Waals surface area contributed by atoms with Gasteiger partial charge in [0.15, 0.2) is 5.78 Å². The van der Waals surface area contributed by atoms with Crippen molar-refractivity contribution in [3.63, 3.8) is 0 Å². The highest BCUT2D eigenvalue weighted by Gasteiger charge is 2.20. The number of H-pyrrole nitrogens is 1. The minimum atomic E-state index is -0.919. The number of aromatic nitrogens is 1. The van der Waals surface area contributed by atoms with Gasteiger partial charge in [0.1, 0.15) is 23.0 Å². The molecule has 0 amide bonds. The molecule has 8 heteroatoms. The molecule has 0 fully saturated rings. The summed E-state index contributed by atoms with van der Waals surface area (Å²) in [5.41, 5.74) is -1.21. The van der Waals surface area contributed by atoms with E-state index in [0.29, 0.717) is 15.7 Å². The lowest BCUT2D eigenvalue weighted by atomic mass is 10.1. The number of nitrogens with one attached hydrogen (secondary N) is 2. The Bertz CT molecular complexity index is 1060. The van der Waals surface area contributed by atoms with Crippen molar-refractivity contribution in [2.24, 2.45) is 0 Å². The van der Waals surface area contributed by atoms with E-state index in [1.54, 1.807) is 0 Å². The van der Waals surface area contributed by atoms with Gasteiger partial charge in [-0.2, -0.15) is 0 Å². The number of Topliss-reactive ketones (excluding diaryl/α,β-unsaturated/α-hetero) is 1. The molecule has 0 unspecified atom stereocenters. The monoisotopic (exact) mass is 382 g/mol. The average Bonchev–Trinajstić information content (AvgIpc) is 2.49. The summed E-state index contributed by atoms with van der Waals surface area (Å²) in [6, 6.07) is 6.23. The maximum Gasteiger partial charge on any atom is 0.205 e. The van der Waals surface area contributed by atoms with E-state index in [4.69, 9.17) is 23.2 Å². The predicted octanol–water partition coefficient (Wildman–Crippen LogP) is 5.06. The van der Waals surface area contributed by atoms with Crippen LogP contribution >= 0.6 is 23.2 Å². The van der Waals surface area contributed by atoms with Crippen LogP contribution < -0.4 is 10.7 Å². The Labute approximate surface area is 150 Å². The van der Waals surface area contributed by atoms with E-state index >= 15 is 0 Å². The molecule has 0 aliphatic rings. The van der Waals surface area contributed by atoms with E-state index in [2.05, 4.69) is 10.3 Å². The van der Waals surface area contributed by atoms with E-state index < -0.39 is 28.2 Å². The number of hydrogen-bond acceptors (Lipinski definition) is 3. The summed E-state index contributed by atoms with van der Waals surface area (Å²) in [7, 11) is 0. The molecule has 128 valence electrons. The van der Waals surface area contributed by atoms with Crippen molar-refractivity contribution < 1.29 is 13.6 Å². The Hall–Kier alpha value is -2.44. The molecule has 2 aromatic carbocycles. The second-order valence-corrected chi connectivity index (χ2v) is 6.20. The summed E-state index contributed by atoms with van der Waals surface area (Å²) < 4.78 is 28.0. The van der Waals surface area contributed by atoms with E-state index in [-0.39, 0.29) is 16.9 Å². The molecule has 0 bridgehead atoms. The number of pyridine rings is 1. The van der Waals surface area contributed by atoms with E-state index in [1.165, 1.54) is 18.2 Å². The molecule has 0 saturated heterocycles. The number of carbonyl (C=O) groups excluding carboxylic acids is 1. The van der Waals surface area contributed by atoms with Gasteiger partial charge in [-0.25, -0.2) is 8.78 Å². The molecule has 3 aromatic rings. The molecule has 0 spiro atoms. The van der Waals surface area contributed by atoms with Crippen LogP contribution in [0.3, 0.4) is 0 Å². The Morgan fingerprint density at radius 3 is 2.28 bits per heavy atom. The third kappa shape index (κ3) is 3.23. The predicted molar refractivity (Wildman–Crippen MR) is 94.2 cm³/mol. The van der Waals surface area contributed by atoms with Gasteiger partial charge in [-0.1, -0.05) is 23.2 Å². The zero-order valence-electron chi connectivity index (χ0n) is 12.7. The topological polar surface area (TPSA) is 62.0 Å². The first-order valence-electron chi connectivity index (χ1n) is 7.06. The third-order valence-electron chi connectivity index (χ3n) is 3.54. The Morgan fingerprint density at radius 1 is 1.08 bits per heavy atom. The molecule has 25 heavy (non-hydrogen) atoms. The summed E-state index contributed by atoms with van der Waals surface area (Å²) in [5, 5.41) is 2.91. The fourth-order valence-electron chi connectivity index (χ4n) is 2.52. The van der Waals surface area contributed by atoms with Crippen molar-refractivity contribution >= 4 is 51.4 Å². The number of carbonyl (C=O) groups is 1. The van der Waals surface area contributed by atoms with Crippen molar-refractivity contribution in [2.75, 3.05) is 5.32 Å². The number of rotatable bonds is 3. The number of benzene rings is 2. The molecule has 1 aromatic heterocycles. The van der Waals surface area contributed by atoms with E-state index in [9.17, 15) is 18.4 Å². The Balaban J connectivity index is 2.30. The second-order valence-electron chi connectivity index (χ2n) is 5.32. The van der Waals surface area contributed by atoms with Gasteiger partial charge >= 0.3 is 0 Å². The van der Waals surface area contributed by atoms with E-state index in [1.807, 2.05) is 0 Å². The average molecular weight is 383 g/mol. The van der Waals surface area contributed by atoms with Gasteiger partial charge in [-0.15, -0.1) is 0 Å². The third-order valence-corrected chi connectivity index (χ3v) is 3.98. The number of aromatic amines is 1. The number of anilines is 2. The number of fused-ring (bicyclic) bond motifs is 1. The summed E-state index contributed by atoms with van der Waals surface area (Å²) in [4.78, 5) is 27.1. The van der Waals surface area contributed by atoms with Gasteiger partial charge in [0.05, 0.1) is 10.9 Å². The molecule has 0 saturated carbocycles. The first-order valence-corrected chi connectivity index (χ1v) is 7.81. The van der Waals surface area contributed by atoms with Gasteiger partial charge < -0.3 is 10.3 Å². The van der Waals surface area contributed by atoms with Crippen LogP contribution in [0.25, 0.3) is 10.9 Å². The number of ketones is 1. The van der Waals surface area contributed by atoms with Crippen LogP contribution in [-0.2, 0) is 0 Å². The standard InChI is InChI=1S/C17H10Cl2F2N2O2/c1-7(24)13-16(25)14-11(20)2-3-12(21)15(14)23-17(13)22-10-5-8(18)4-9(19)6-10/h2-6H,1H3,(H2,22,23,25). The first kappa shape index (κ1) is 17.4. The quantitative estimate of drug-likeness (QED) is 0.622. The molecular formula is C17H10Cl2F2N2O2. The molecule has 0 atom stereocenters. The zero-order valence-corrected chi connectivity index (χ0v) is 14.2. The smallest absolute Gasteiger partial charge is 0.205 e. The zero-order chi connectivity index (χ0) is 18.3. The Kier molecular flexibility index (Phi) is 4.49. The summed E-state index contributed by atoms with van der Waals surface area (Å²) in [6.07, 6.45) is 0. The second kappa shape index (κ2) is 6.46. The molecule has 2 N–H and O–H groups in total. The van der Waals surface area contributed by atoms with Gasteiger partial charge in [-0.05, 0) is 37.3 Å². The van der Waals surface area contributed by atoms with Crippen LogP contribution in [0.4, 0.5) is 20.3 Å². The van der Waals surface area contributed by atoms with Crippen molar-refractivity contribution in [2.45, 2.75) is 6.92 Å². The van der Waals surface area contributed by atoms with Crippen molar-refractivity contribution in [3.8, 4) is 0 Å². The van der Waals surface area contributed by atoms with Gasteiger partial charge in [0.25, 0.3) is 0 Å². The molecular weight excluding hydrogens is 373 g/mol. The lowest BCUT2D eigenvalue weighted by Crippen LogP contribution is -2.19. The Morgan fingerprint density at radius 2 is 1.68 bits per heavy atom. The van der Waals surface area contributed by atoms with Crippen LogP contribution in [0.15, 0.2) is 35.1 Å². The number of halogens is 4. The van der Waals surface area contributed by atoms with Crippen molar-refractivity contribution in [1.82, 2.24) is 4.98 Å². The van der Waals surface area contributed by atoms with Crippen molar-refractivity contribution in [1.29, 1.82) is 0 Å². The minimum absolute atomic E-state index is 0.0761.